The van der Waals surface area contributed by atoms with Gasteiger partial charge in [-0.3, -0.25) is 4.79 Å². The standard InChI is InChI=1S/C20H22N2O3S/c1-3-17-13(2)10-18(26-17)20(24)25-12-19(23)21-9-8-14-11-22-16-7-5-4-6-15(14)16/h4-7,10-11,22H,3,8-9,12H2,1-2H3,(H,21,23). The fourth-order valence-electron chi connectivity index (χ4n) is 2.90. The summed E-state index contributed by atoms with van der Waals surface area (Å²) in [5.74, 6) is -0.730. The normalized spacial score (nSPS) is 10.8. The molecule has 0 radical (unpaired) electrons. The van der Waals surface area contributed by atoms with Crippen molar-refractivity contribution in [2.45, 2.75) is 26.7 Å². The Labute approximate surface area is 156 Å². The molecule has 6 heteroatoms. The zero-order valence-corrected chi connectivity index (χ0v) is 15.7. The number of amides is 1. The van der Waals surface area contributed by atoms with E-state index >= 15 is 0 Å². The molecule has 0 saturated heterocycles. The first-order valence-electron chi connectivity index (χ1n) is 8.66. The number of nitrogens with one attached hydrogen (secondary N) is 2. The lowest BCUT2D eigenvalue weighted by Gasteiger charge is -2.05. The van der Waals surface area contributed by atoms with E-state index in [1.165, 1.54) is 16.2 Å². The number of ether oxygens (including phenoxy) is 1. The summed E-state index contributed by atoms with van der Waals surface area (Å²) >= 11 is 1.43. The van der Waals surface area contributed by atoms with Crippen LogP contribution in [-0.4, -0.2) is 30.0 Å². The highest BCUT2D eigenvalue weighted by atomic mass is 32.1. The molecule has 0 bridgehead atoms. The third-order valence-corrected chi connectivity index (χ3v) is 5.63. The number of H-pyrrole nitrogens is 1. The van der Waals surface area contributed by atoms with Gasteiger partial charge in [-0.05, 0) is 43.0 Å². The molecule has 0 atom stereocenters. The summed E-state index contributed by atoms with van der Waals surface area (Å²) in [4.78, 5) is 28.9. The summed E-state index contributed by atoms with van der Waals surface area (Å²) in [6.45, 7) is 4.26. The van der Waals surface area contributed by atoms with Crippen LogP contribution >= 0.6 is 11.3 Å². The third-order valence-electron chi connectivity index (χ3n) is 4.27. The van der Waals surface area contributed by atoms with Crippen molar-refractivity contribution in [2.24, 2.45) is 0 Å². The molecular formula is C20H22N2O3S. The monoisotopic (exact) mass is 370 g/mol. The summed E-state index contributed by atoms with van der Waals surface area (Å²) in [5, 5.41) is 3.95. The number of hydrogen-bond acceptors (Lipinski definition) is 4. The summed E-state index contributed by atoms with van der Waals surface area (Å²) < 4.78 is 5.11. The molecule has 1 aromatic carbocycles. The molecule has 0 aliphatic heterocycles. The third kappa shape index (κ3) is 4.14. The minimum Gasteiger partial charge on any atom is -0.451 e. The van der Waals surface area contributed by atoms with Gasteiger partial charge in [-0.1, -0.05) is 25.1 Å². The van der Waals surface area contributed by atoms with Gasteiger partial charge in [0.25, 0.3) is 5.91 Å². The van der Waals surface area contributed by atoms with E-state index in [4.69, 9.17) is 4.74 Å². The predicted octanol–water partition coefficient (Wildman–Crippen LogP) is 3.62. The molecule has 2 aromatic heterocycles. The SMILES string of the molecule is CCc1sc(C(=O)OCC(=O)NCCc2c[nH]c3ccccc23)cc1C. The van der Waals surface area contributed by atoms with Gasteiger partial charge < -0.3 is 15.0 Å². The van der Waals surface area contributed by atoms with E-state index in [9.17, 15) is 9.59 Å². The lowest BCUT2D eigenvalue weighted by molar-refractivity contribution is -0.124. The van der Waals surface area contributed by atoms with Crippen LogP contribution in [0.15, 0.2) is 36.5 Å². The van der Waals surface area contributed by atoms with Crippen LogP contribution in [0, 0.1) is 6.92 Å². The number of thiophene rings is 1. The molecule has 3 rings (SSSR count). The average molecular weight is 370 g/mol. The molecule has 1 amide bonds. The van der Waals surface area contributed by atoms with Gasteiger partial charge in [0.15, 0.2) is 6.61 Å². The van der Waals surface area contributed by atoms with Gasteiger partial charge in [-0.25, -0.2) is 4.79 Å². The van der Waals surface area contributed by atoms with Crippen molar-refractivity contribution in [2.75, 3.05) is 13.2 Å². The minimum absolute atomic E-state index is 0.259. The van der Waals surface area contributed by atoms with E-state index in [1.807, 2.05) is 37.4 Å². The zero-order chi connectivity index (χ0) is 18.5. The van der Waals surface area contributed by atoms with Crippen molar-refractivity contribution >= 4 is 34.1 Å². The number of carbonyl (C=O) groups is 2. The first-order valence-corrected chi connectivity index (χ1v) is 9.48. The summed E-state index contributed by atoms with van der Waals surface area (Å²) in [6.07, 6.45) is 3.56. The van der Waals surface area contributed by atoms with Gasteiger partial charge in [-0.15, -0.1) is 11.3 Å². The highest BCUT2D eigenvalue weighted by molar-refractivity contribution is 7.14. The Morgan fingerprint density at radius 3 is 2.85 bits per heavy atom. The van der Waals surface area contributed by atoms with Crippen LogP contribution in [0.3, 0.4) is 0 Å². The second-order valence-corrected chi connectivity index (χ2v) is 7.24. The Balaban J connectivity index is 1.44. The quantitative estimate of drug-likeness (QED) is 0.624. The number of aryl methyl sites for hydroxylation is 2. The van der Waals surface area contributed by atoms with Gasteiger partial charge in [0.2, 0.25) is 0 Å². The van der Waals surface area contributed by atoms with Gasteiger partial charge in [0, 0.05) is 28.5 Å². The zero-order valence-electron chi connectivity index (χ0n) is 14.9. The van der Waals surface area contributed by atoms with Crippen molar-refractivity contribution in [3.05, 3.63) is 57.4 Å². The van der Waals surface area contributed by atoms with Crippen LogP contribution in [-0.2, 0) is 22.4 Å². The maximum atomic E-state index is 12.0. The van der Waals surface area contributed by atoms with Crippen LogP contribution in [0.25, 0.3) is 10.9 Å². The predicted molar refractivity (Wildman–Crippen MR) is 104 cm³/mol. The minimum atomic E-state index is -0.440. The van der Waals surface area contributed by atoms with E-state index in [0.29, 0.717) is 17.8 Å². The highest BCUT2D eigenvalue weighted by Gasteiger charge is 2.14. The Kier molecular flexibility index (Phi) is 5.73. The van der Waals surface area contributed by atoms with E-state index in [1.54, 1.807) is 0 Å². The van der Waals surface area contributed by atoms with E-state index < -0.39 is 5.97 Å². The van der Waals surface area contributed by atoms with E-state index in [2.05, 4.69) is 23.3 Å². The van der Waals surface area contributed by atoms with Crippen molar-refractivity contribution in [1.29, 1.82) is 0 Å². The average Bonchev–Trinajstić information content (AvgIpc) is 3.23. The van der Waals surface area contributed by atoms with Crippen LogP contribution in [0.2, 0.25) is 0 Å². The largest absolute Gasteiger partial charge is 0.451 e. The Morgan fingerprint density at radius 2 is 2.08 bits per heavy atom. The molecule has 2 N–H and O–H groups in total. The number of aromatic amines is 1. The number of rotatable bonds is 7. The molecule has 5 nitrogen and oxygen atoms in total. The Bertz CT molecular complexity index is 926. The number of benzene rings is 1. The number of para-hydroxylation sites is 1. The maximum Gasteiger partial charge on any atom is 0.348 e. The number of aromatic nitrogens is 1. The lowest BCUT2D eigenvalue weighted by Crippen LogP contribution is -2.30. The van der Waals surface area contributed by atoms with Gasteiger partial charge in [-0.2, -0.15) is 0 Å². The van der Waals surface area contributed by atoms with Gasteiger partial charge in [0.1, 0.15) is 4.88 Å². The van der Waals surface area contributed by atoms with Crippen LogP contribution in [0.5, 0.6) is 0 Å². The molecule has 0 saturated carbocycles. The molecule has 3 aromatic rings. The van der Waals surface area contributed by atoms with Crippen LogP contribution in [0.4, 0.5) is 0 Å². The fourth-order valence-corrected chi connectivity index (χ4v) is 3.91. The molecule has 26 heavy (non-hydrogen) atoms. The molecule has 136 valence electrons. The lowest BCUT2D eigenvalue weighted by atomic mass is 10.1. The summed E-state index contributed by atoms with van der Waals surface area (Å²) in [7, 11) is 0. The number of hydrogen-bond donors (Lipinski definition) is 2. The number of carbonyl (C=O) groups excluding carboxylic acids is 2. The molecule has 2 heterocycles. The maximum absolute atomic E-state index is 12.0. The summed E-state index contributed by atoms with van der Waals surface area (Å²) in [6, 6.07) is 9.87. The second-order valence-electron chi connectivity index (χ2n) is 6.11. The number of esters is 1. The van der Waals surface area contributed by atoms with Crippen LogP contribution in [0.1, 0.15) is 32.6 Å². The van der Waals surface area contributed by atoms with E-state index in [-0.39, 0.29) is 12.5 Å². The Morgan fingerprint density at radius 1 is 1.27 bits per heavy atom. The van der Waals surface area contributed by atoms with Crippen molar-refractivity contribution in [3.8, 4) is 0 Å². The molecule has 0 fully saturated rings. The van der Waals surface area contributed by atoms with Crippen molar-refractivity contribution in [3.63, 3.8) is 0 Å². The smallest absolute Gasteiger partial charge is 0.348 e. The van der Waals surface area contributed by atoms with E-state index in [0.717, 1.165) is 28.5 Å². The topological polar surface area (TPSA) is 71.2 Å². The van der Waals surface area contributed by atoms with Crippen molar-refractivity contribution < 1.29 is 14.3 Å². The molecule has 0 spiro atoms. The highest BCUT2D eigenvalue weighted by Crippen LogP contribution is 2.23. The van der Waals surface area contributed by atoms with Gasteiger partial charge >= 0.3 is 5.97 Å². The van der Waals surface area contributed by atoms with Crippen molar-refractivity contribution in [1.82, 2.24) is 10.3 Å². The summed E-state index contributed by atoms with van der Waals surface area (Å²) in [5.41, 5.74) is 3.33. The molecule has 0 aliphatic carbocycles. The number of fused-ring (bicyclic) bond motifs is 1. The fraction of sp³-hybridized carbons (Fsp3) is 0.300. The molecule has 0 aliphatic rings. The van der Waals surface area contributed by atoms with Gasteiger partial charge in [0.05, 0.1) is 0 Å². The van der Waals surface area contributed by atoms with Crippen LogP contribution < -0.4 is 5.32 Å². The molecule has 0 unspecified atom stereocenters. The molecular weight excluding hydrogens is 348 g/mol. The first kappa shape index (κ1) is 18.2. The first-order chi connectivity index (χ1) is 12.6. The Hall–Kier alpha value is -2.60. The second kappa shape index (κ2) is 8.19.